The highest BCUT2D eigenvalue weighted by Gasteiger charge is 2.26. The van der Waals surface area contributed by atoms with Crippen LogP contribution >= 0.6 is 35.6 Å². The van der Waals surface area contributed by atoms with Crippen LogP contribution < -0.4 is 4.74 Å². The molecule has 1 saturated heterocycles. The lowest BCUT2D eigenvalue weighted by atomic mass is 10.1. The summed E-state index contributed by atoms with van der Waals surface area (Å²) in [7, 11) is 0. The van der Waals surface area contributed by atoms with E-state index < -0.39 is 5.97 Å². The van der Waals surface area contributed by atoms with Crippen LogP contribution in [0.5, 0.6) is 5.75 Å². The van der Waals surface area contributed by atoms with E-state index >= 15 is 0 Å². The quantitative estimate of drug-likeness (QED) is 0.613. The van der Waals surface area contributed by atoms with Gasteiger partial charge in [-0.3, -0.25) is 9.69 Å². The van der Waals surface area contributed by atoms with Crippen LogP contribution in [0.25, 0.3) is 0 Å². The third kappa shape index (κ3) is 6.49. The number of benzene rings is 2. The van der Waals surface area contributed by atoms with E-state index in [1.165, 1.54) is 0 Å². The molecule has 0 aromatic heterocycles. The number of morpholine rings is 1. The first kappa shape index (κ1) is 23.8. The van der Waals surface area contributed by atoms with Crippen LogP contribution in [-0.2, 0) is 16.1 Å². The van der Waals surface area contributed by atoms with Crippen LogP contribution in [0.2, 0.25) is 10.0 Å². The molecule has 0 amide bonds. The Labute approximate surface area is 186 Å². The average molecular weight is 461 g/mol. The molecule has 5 nitrogen and oxygen atoms in total. The lowest BCUT2D eigenvalue weighted by molar-refractivity contribution is -0.139. The van der Waals surface area contributed by atoms with Crippen molar-refractivity contribution in [3.05, 3.63) is 63.6 Å². The van der Waals surface area contributed by atoms with Gasteiger partial charge in [-0.05, 0) is 36.8 Å². The summed E-state index contributed by atoms with van der Waals surface area (Å²) in [6, 6.07) is 13.1. The Bertz CT molecular complexity index is 796. The van der Waals surface area contributed by atoms with Gasteiger partial charge in [0.05, 0.1) is 19.1 Å². The van der Waals surface area contributed by atoms with Crippen LogP contribution in [-0.4, -0.2) is 41.7 Å². The van der Waals surface area contributed by atoms with Crippen molar-refractivity contribution in [2.75, 3.05) is 19.7 Å². The number of rotatable bonds is 7. The van der Waals surface area contributed by atoms with Crippen molar-refractivity contribution >= 4 is 41.6 Å². The summed E-state index contributed by atoms with van der Waals surface area (Å²) in [6.45, 7) is 4.22. The van der Waals surface area contributed by atoms with Crippen LogP contribution in [0.15, 0.2) is 42.5 Å². The van der Waals surface area contributed by atoms with Gasteiger partial charge in [0.15, 0.2) is 0 Å². The van der Waals surface area contributed by atoms with E-state index in [4.69, 9.17) is 37.8 Å². The molecule has 0 radical (unpaired) electrons. The summed E-state index contributed by atoms with van der Waals surface area (Å²) in [4.78, 5) is 13.1. The molecule has 1 fully saturated rings. The highest BCUT2D eigenvalue weighted by Crippen LogP contribution is 2.28. The monoisotopic (exact) mass is 459 g/mol. The van der Waals surface area contributed by atoms with Crippen molar-refractivity contribution in [3.63, 3.8) is 0 Å². The molecular formula is C21H24Cl3NO4. The number of carboxylic acid groups (broad SMARTS) is 1. The Morgan fingerprint density at radius 2 is 1.90 bits per heavy atom. The number of nitrogens with zero attached hydrogens (tertiary/aromatic N) is 1. The van der Waals surface area contributed by atoms with Crippen LogP contribution in [0, 0.1) is 0 Å². The maximum Gasteiger partial charge on any atom is 0.304 e. The van der Waals surface area contributed by atoms with Gasteiger partial charge in [-0.25, -0.2) is 0 Å². The number of hydrogen-bond donors (Lipinski definition) is 1. The van der Waals surface area contributed by atoms with Gasteiger partial charge in [0.25, 0.3) is 0 Å². The highest BCUT2D eigenvalue weighted by atomic mass is 35.5. The summed E-state index contributed by atoms with van der Waals surface area (Å²) < 4.78 is 11.7. The fourth-order valence-corrected chi connectivity index (χ4v) is 3.76. The Morgan fingerprint density at radius 1 is 1.24 bits per heavy atom. The molecule has 1 N–H and O–H groups in total. The predicted molar refractivity (Wildman–Crippen MR) is 116 cm³/mol. The molecule has 2 atom stereocenters. The summed E-state index contributed by atoms with van der Waals surface area (Å²) in [5.41, 5.74) is 1.80. The summed E-state index contributed by atoms with van der Waals surface area (Å²) >= 11 is 12.3. The van der Waals surface area contributed by atoms with Gasteiger partial charge in [-0.1, -0.05) is 41.4 Å². The van der Waals surface area contributed by atoms with Crippen molar-refractivity contribution in [1.29, 1.82) is 0 Å². The van der Waals surface area contributed by atoms with Crippen molar-refractivity contribution in [1.82, 2.24) is 4.90 Å². The molecule has 3 rings (SSSR count). The Kier molecular flexibility index (Phi) is 9.05. The van der Waals surface area contributed by atoms with E-state index in [1.54, 1.807) is 18.2 Å². The molecule has 158 valence electrons. The second-order valence-electron chi connectivity index (χ2n) is 6.86. The highest BCUT2D eigenvalue weighted by molar-refractivity contribution is 6.35. The lowest BCUT2D eigenvalue weighted by Crippen LogP contribution is -2.44. The molecule has 2 aromatic rings. The first-order valence-corrected chi connectivity index (χ1v) is 9.92. The molecule has 1 heterocycles. The minimum Gasteiger partial charge on any atom is -0.489 e. The molecule has 29 heavy (non-hydrogen) atoms. The number of halogens is 3. The summed E-state index contributed by atoms with van der Waals surface area (Å²) in [5, 5.41) is 10.2. The van der Waals surface area contributed by atoms with Gasteiger partial charge in [0.1, 0.15) is 12.4 Å². The van der Waals surface area contributed by atoms with E-state index in [1.807, 2.05) is 31.2 Å². The molecule has 1 aliphatic heterocycles. The van der Waals surface area contributed by atoms with Crippen molar-refractivity contribution < 1.29 is 19.4 Å². The molecule has 0 spiro atoms. The van der Waals surface area contributed by atoms with E-state index in [-0.39, 0.29) is 37.6 Å². The van der Waals surface area contributed by atoms with Crippen LogP contribution in [0.1, 0.15) is 30.6 Å². The zero-order valence-electron chi connectivity index (χ0n) is 16.0. The van der Waals surface area contributed by atoms with E-state index in [0.717, 1.165) is 17.7 Å². The maximum absolute atomic E-state index is 11.0. The minimum absolute atomic E-state index is 0. The van der Waals surface area contributed by atoms with Gasteiger partial charge < -0.3 is 14.6 Å². The summed E-state index contributed by atoms with van der Waals surface area (Å²) in [6.07, 6.45) is 0.0430. The molecule has 0 aliphatic carbocycles. The number of hydrogen-bond acceptors (Lipinski definition) is 4. The van der Waals surface area contributed by atoms with Gasteiger partial charge in [0.2, 0.25) is 0 Å². The van der Waals surface area contributed by atoms with Gasteiger partial charge >= 0.3 is 5.97 Å². The average Bonchev–Trinajstić information content (AvgIpc) is 2.68. The Hall–Kier alpha value is -1.50. The lowest BCUT2D eigenvalue weighted by Gasteiger charge is -2.36. The zero-order chi connectivity index (χ0) is 20.1. The fraction of sp³-hybridized carbons (Fsp3) is 0.381. The van der Waals surface area contributed by atoms with Gasteiger partial charge in [-0.15, -0.1) is 12.4 Å². The van der Waals surface area contributed by atoms with Crippen LogP contribution in [0.4, 0.5) is 0 Å². The van der Waals surface area contributed by atoms with E-state index in [9.17, 15) is 4.79 Å². The maximum atomic E-state index is 11.0. The van der Waals surface area contributed by atoms with E-state index in [0.29, 0.717) is 28.9 Å². The SMILES string of the molecule is CC(CC(=O)O)N1CCOC(c2ccc(OCc3c(Cl)cccc3Cl)cc2)C1.Cl. The topological polar surface area (TPSA) is 59.0 Å². The molecular weight excluding hydrogens is 437 g/mol. The van der Waals surface area contributed by atoms with Gasteiger partial charge in [0, 0.05) is 34.7 Å². The normalized spacial score (nSPS) is 18.0. The number of ether oxygens (including phenoxy) is 2. The third-order valence-electron chi connectivity index (χ3n) is 4.89. The molecule has 0 saturated carbocycles. The van der Waals surface area contributed by atoms with Crippen molar-refractivity contribution in [2.24, 2.45) is 0 Å². The number of carboxylic acids is 1. The first-order chi connectivity index (χ1) is 13.4. The van der Waals surface area contributed by atoms with Crippen molar-refractivity contribution in [2.45, 2.75) is 32.1 Å². The minimum atomic E-state index is -0.782. The zero-order valence-corrected chi connectivity index (χ0v) is 18.3. The third-order valence-corrected chi connectivity index (χ3v) is 5.60. The van der Waals surface area contributed by atoms with Crippen LogP contribution in [0.3, 0.4) is 0 Å². The van der Waals surface area contributed by atoms with E-state index in [2.05, 4.69) is 4.90 Å². The molecule has 2 unspecified atom stereocenters. The van der Waals surface area contributed by atoms with Crippen molar-refractivity contribution in [3.8, 4) is 5.75 Å². The fourth-order valence-electron chi connectivity index (χ4n) is 3.26. The summed E-state index contributed by atoms with van der Waals surface area (Å²) in [5.74, 6) is -0.0673. The largest absolute Gasteiger partial charge is 0.489 e. The molecule has 2 aromatic carbocycles. The molecule has 0 bridgehead atoms. The number of carbonyl (C=O) groups is 1. The smallest absolute Gasteiger partial charge is 0.304 e. The number of aliphatic carboxylic acids is 1. The predicted octanol–water partition coefficient (Wildman–Crippen LogP) is 5.23. The first-order valence-electron chi connectivity index (χ1n) is 9.17. The Morgan fingerprint density at radius 3 is 2.52 bits per heavy atom. The standard InChI is InChI=1S/C21H23Cl2NO4.ClH/c1-14(11-21(25)26)24-9-10-27-20(12-24)15-5-7-16(8-6-15)28-13-17-18(22)3-2-4-19(17)23;/h2-8,14,20H,9-13H2,1H3,(H,25,26);1H. The van der Waals surface area contributed by atoms with Gasteiger partial charge in [-0.2, -0.15) is 0 Å². The molecule has 1 aliphatic rings. The second-order valence-corrected chi connectivity index (χ2v) is 7.67. The second kappa shape index (κ2) is 11.0. The molecule has 8 heteroatoms. The Balaban J connectivity index is 0.00000300.